The first kappa shape index (κ1) is 15.9. The van der Waals surface area contributed by atoms with Crippen LogP contribution in [0.3, 0.4) is 0 Å². The molecular weight excluding hydrogens is 266 g/mol. The molecule has 2 rings (SSSR count). The van der Waals surface area contributed by atoms with E-state index in [1.165, 1.54) is 0 Å². The summed E-state index contributed by atoms with van der Waals surface area (Å²) in [4.78, 5) is 14.2. The Bertz CT molecular complexity index is 447. The largest absolute Gasteiger partial charge is 0.396 e. The zero-order chi connectivity index (χ0) is 15.1. The van der Waals surface area contributed by atoms with Crippen molar-refractivity contribution in [2.75, 3.05) is 31.6 Å². The molecule has 21 heavy (non-hydrogen) atoms. The van der Waals surface area contributed by atoms with Crippen molar-refractivity contribution in [3.63, 3.8) is 0 Å². The van der Waals surface area contributed by atoms with E-state index in [9.17, 15) is 4.79 Å². The maximum atomic E-state index is 11.9. The molecule has 1 aromatic carbocycles. The van der Waals surface area contributed by atoms with E-state index in [1.807, 2.05) is 24.3 Å². The number of aliphatic hydroxyl groups excluding tert-OH is 1. The van der Waals surface area contributed by atoms with E-state index in [0.717, 1.165) is 43.7 Å². The fourth-order valence-corrected chi connectivity index (χ4v) is 2.68. The van der Waals surface area contributed by atoms with Crippen LogP contribution in [-0.2, 0) is 11.3 Å². The van der Waals surface area contributed by atoms with E-state index in [0.29, 0.717) is 18.9 Å². The second-order valence-electron chi connectivity index (χ2n) is 5.69. The fourth-order valence-electron chi connectivity index (χ4n) is 2.68. The van der Waals surface area contributed by atoms with E-state index in [4.69, 9.17) is 10.8 Å². The van der Waals surface area contributed by atoms with E-state index in [-0.39, 0.29) is 12.5 Å². The number of nitrogens with zero attached hydrogens (tertiary/aromatic N) is 1. The summed E-state index contributed by atoms with van der Waals surface area (Å²) in [6, 6.07) is 7.61. The first-order chi connectivity index (χ1) is 10.2. The standard InChI is InChI=1S/C16H25N3O2/c17-10-13-3-5-15(6-4-13)18-16(21)2-1-8-19-9-7-14(11-19)12-20/h3-6,14,20H,1-2,7-12,17H2,(H,18,21). The molecule has 0 aromatic heterocycles. The minimum atomic E-state index is 0.0494. The Hall–Kier alpha value is -1.43. The van der Waals surface area contributed by atoms with Gasteiger partial charge >= 0.3 is 0 Å². The number of amides is 1. The molecule has 0 bridgehead atoms. The Labute approximate surface area is 126 Å². The van der Waals surface area contributed by atoms with Crippen molar-refractivity contribution in [3.8, 4) is 0 Å². The summed E-state index contributed by atoms with van der Waals surface area (Å²) in [7, 11) is 0. The quantitative estimate of drug-likeness (QED) is 0.705. The molecule has 5 nitrogen and oxygen atoms in total. The Morgan fingerprint density at radius 2 is 2.14 bits per heavy atom. The van der Waals surface area contributed by atoms with Crippen LogP contribution < -0.4 is 11.1 Å². The van der Waals surface area contributed by atoms with Crippen LogP contribution in [0.25, 0.3) is 0 Å². The maximum absolute atomic E-state index is 11.9. The lowest BCUT2D eigenvalue weighted by atomic mass is 10.1. The number of benzene rings is 1. The van der Waals surface area contributed by atoms with Crippen molar-refractivity contribution < 1.29 is 9.90 Å². The van der Waals surface area contributed by atoms with Gasteiger partial charge in [-0.25, -0.2) is 0 Å². The second kappa shape index (κ2) is 8.12. The molecule has 0 spiro atoms. The Morgan fingerprint density at radius 3 is 2.76 bits per heavy atom. The topological polar surface area (TPSA) is 78.6 Å². The first-order valence-corrected chi connectivity index (χ1v) is 7.63. The van der Waals surface area contributed by atoms with Crippen LogP contribution in [-0.4, -0.2) is 42.2 Å². The van der Waals surface area contributed by atoms with Gasteiger partial charge in [-0.15, -0.1) is 0 Å². The molecule has 0 radical (unpaired) electrons. The van der Waals surface area contributed by atoms with Gasteiger partial charge in [0, 0.05) is 31.8 Å². The first-order valence-electron chi connectivity index (χ1n) is 7.63. The number of carbonyl (C=O) groups is 1. The summed E-state index contributed by atoms with van der Waals surface area (Å²) in [5, 5.41) is 12.0. The van der Waals surface area contributed by atoms with Gasteiger partial charge in [-0.05, 0) is 49.5 Å². The van der Waals surface area contributed by atoms with Gasteiger partial charge in [0.05, 0.1) is 0 Å². The van der Waals surface area contributed by atoms with E-state index < -0.39 is 0 Å². The van der Waals surface area contributed by atoms with Gasteiger partial charge < -0.3 is 21.1 Å². The summed E-state index contributed by atoms with van der Waals surface area (Å²) in [5.41, 5.74) is 7.41. The van der Waals surface area contributed by atoms with Crippen LogP contribution in [0.1, 0.15) is 24.8 Å². The second-order valence-corrected chi connectivity index (χ2v) is 5.69. The van der Waals surface area contributed by atoms with Gasteiger partial charge in [-0.3, -0.25) is 4.79 Å². The van der Waals surface area contributed by atoms with Crippen molar-refractivity contribution in [2.45, 2.75) is 25.8 Å². The van der Waals surface area contributed by atoms with Gasteiger partial charge in [-0.2, -0.15) is 0 Å². The number of likely N-dealkylation sites (tertiary alicyclic amines) is 1. The van der Waals surface area contributed by atoms with Crippen LogP contribution in [0, 0.1) is 5.92 Å². The molecule has 1 saturated heterocycles. The number of hydrogen-bond donors (Lipinski definition) is 3. The van der Waals surface area contributed by atoms with E-state index >= 15 is 0 Å². The number of nitrogens with two attached hydrogens (primary N) is 1. The molecule has 1 fully saturated rings. The number of anilines is 1. The van der Waals surface area contributed by atoms with Crippen LogP contribution in [0.2, 0.25) is 0 Å². The molecule has 1 amide bonds. The third-order valence-electron chi connectivity index (χ3n) is 3.98. The third kappa shape index (κ3) is 5.12. The smallest absolute Gasteiger partial charge is 0.224 e. The van der Waals surface area contributed by atoms with Crippen molar-refractivity contribution in [1.82, 2.24) is 4.90 Å². The average molecular weight is 291 g/mol. The number of hydrogen-bond acceptors (Lipinski definition) is 4. The molecule has 4 N–H and O–H groups in total. The lowest BCUT2D eigenvalue weighted by Crippen LogP contribution is -2.24. The van der Waals surface area contributed by atoms with Crippen LogP contribution in [0.4, 0.5) is 5.69 Å². The van der Waals surface area contributed by atoms with Crippen LogP contribution in [0.15, 0.2) is 24.3 Å². The Morgan fingerprint density at radius 1 is 1.38 bits per heavy atom. The SMILES string of the molecule is NCc1ccc(NC(=O)CCCN2CCC(CO)C2)cc1. The summed E-state index contributed by atoms with van der Waals surface area (Å²) >= 11 is 0. The maximum Gasteiger partial charge on any atom is 0.224 e. The lowest BCUT2D eigenvalue weighted by Gasteiger charge is -2.15. The monoisotopic (exact) mass is 291 g/mol. The van der Waals surface area contributed by atoms with Crippen molar-refractivity contribution >= 4 is 11.6 Å². The van der Waals surface area contributed by atoms with Gasteiger partial charge in [0.15, 0.2) is 0 Å². The molecule has 1 atom stereocenters. The Kier molecular flexibility index (Phi) is 6.17. The zero-order valence-corrected chi connectivity index (χ0v) is 12.4. The minimum absolute atomic E-state index is 0.0494. The highest BCUT2D eigenvalue weighted by atomic mass is 16.3. The summed E-state index contributed by atoms with van der Waals surface area (Å²) in [6.07, 6.45) is 2.44. The normalized spacial score (nSPS) is 18.9. The molecule has 0 aliphatic carbocycles. The highest BCUT2D eigenvalue weighted by molar-refractivity contribution is 5.90. The average Bonchev–Trinajstić information content (AvgIpc) is 2.96. The minimum Gasteiger partial charge on any atom is -0.396 e. The highest BCUT2D eigenvalue weighted by Crippen LogP contribution is 2.16. The third-order valence-corrected chi connectivity index (χ3v) is 3.98. The summed E-state index contributed by atoms with van der Waals surface area (Å²) in [5.74, 6) is 0.466. The number of rotatable bonds is 7. The Balaban J connectivity index is 1.65. The molecule has 1 unspecified atom stereocenters. The lowest BCUT2D eigenvalue weighted by molar-refractivity contribution is -0.116. The molecule has 5 heteroatoms. The van der Waals surface area contributed by atoms with E-state index in [2.05, 4.69) is 10.2 Å². The van der Waals surface area contributed by atoms with Crippen molar-refractivity contribution in [2.24, 2.45) is 11.7 Å². The van der Waals surface area contributed by atoms with Gasteiger partial charge in [-0.1, -0.05) is 12.1 Å². The predicted molar refractivity (Wildman–Crippen MR) is 83.8 cm³/mol. The van der Waals surface area contributed by atoms with Crippen LogP contribution >= 0.6 is 0 Å². The van der Waals surface area contributed by atoms with Crippen molar-refractivity contribution in [3.05, 3.63) is 29.8 Å². The molecule has 1 aromatic rings. The molecule has 0 saturated carbocycles. The van der Waals surface area contributed by atoms with Crippen LogP contribution in [0.5, 0.6) is 0 Å². The van der Waals surface area contributed by atoms with Gasteiger partial charge in [0.1, 0.15) is 0 Å². The highest BCUT2D eigenvalue weighted by Gasteiger charge is 2.21. The predicted octanol–water partition coefficient (Wildman–Crippen LogP) is 1.18. The molecule has 1 aliphatic heterocycles. The molecular formula is C16H25N3O2. The fraction of sp³-hybridized carbons (Fsp3) is 0.562. The summed E-state index contributed by atoms with van der Waals surface area (Å²) in [6.45, 7) is 3.71. The summed E-state index contributed by atoms with van der Waals surface area (Å²) < 4.78 is 0. The molecule has 116 valence electrons. The van der Waals surface area contributed by atoms with Crippen molar-refractivity contribution in [1.29, 1.82) is 0 Å². The van der Waals surface area contributed by atoms with E-state index in [1.54, 1.807) is 0 Å². The number of carbonyl (C=O) groups excluding carboxylic acids is 1. The number of nitrogens with one attached hydrogen (secondary N) is 1. The van der Waals surface area contributed by atoms with Gasteiger partial charge in [0.25, 0.3) is 0 Å². The van der Waals surface area contributed by atoms with Gasteiger partial charge in [0.2, 0.25) is 5.91 Å². The zero-order valence-electron chi connectivity index (χ0n) is 12.4. The molecule has 1 aliphatic rings. The number of aliphatic hydroxyl groups is 1. The molecule has 1 heterocycles.